The number of benzene rings is 1. The van der Waals surface area contributed by atoms with Crippen molar-refractivity contribution in [3.63, 3.8) is 0 Å². The van der Waals surface area contributed by atoms with Gasteiger partial charge in [-0.15, -0.1) is 0 Å². The smallest absolute Gasteiger partial charge is 0.313 e. The Morgan fingerprint density at radius 3 is 2.95 bits per heavy atom. The predicted molar refractivity (Wildman–Crippen MR) is 71.6 cm³/mol. The largest absolute Gasteiger partial charge is 0.380 e. The van der Waals surface area contributed by atoms with Gasteiger partial charge >= 0.3 is 11.8 Å². The number of rotatable bonds is 1. The Labute approximate surface area is 116 Å². The number of nitrogens with zero attached hydrogens (tertiary/aromatic N) is 1. The minimum atomic E-state index is -0.760. The molecule has 1 aliphatic rings. The Balaban J connectivity index is 2.02. The van der Waals surface area contributed by atoms with Crippen molar-refractivity contribution >= 4 is 17.5 Å². The van der Waals surface area contributed by atoms with Gasteiger partial charge in [0.05, 0.1) is 6.61 Å². The van der Waals surface area contributed by atoms with Crippen molar-refractivity contribution in [1.82, 2.24) is 4.90 Å². The molecule has 1 aliphatic heterocycles. The molecule has 6 heteroatoms. The van der Waals surface area contributed by atoms with E-state index in [4.69, 9.17) is 4.74 Å². The van der Waals surface area contributed by atoms with Crippen molar-refractivity contribution in [2.24, 2.45) is 0 Å². The number of carbonyl (C=O) groups is 2. The number of hydrogen-bond donors (Lipinski definition) is 1. The molecule has 1 N–H and O–H groups in total. The Kier molecular flexibility index (Phi) is 4.68. The van der Waals surface area contributed by atoms with Gasteiger partial charge in [-0.05, 0) is 31.5 Å². The second-order valence-electron chi connectivity index (χ2n) is 4.71. The average molecular weight is 280 g/mol. The lowest BCUT2D eigenvalue weighted by atomic mass is 10.2. The normalized spacial score (nSPS) is 19.3. The van der Waals surface area contributed by atoms with Crippen LogP contribution < -0.4 is 5.32 Å². The van der Waals surface area contributed by atoms with Crippen LogP contribution in [0, 0.1) is 5.82 Å². The lowest BCUT2D eigenvalue weighted by molar-refractivity contribution is -0.144. The van der Waals surface area contributed by atoms with Crippen LogP contribution in [0.5, 0.6) is 0 Å². The standard InChI is InChI=1S/C14H17FN2O3/c1-10-5-7-20-8-6-17(10)14(19)13(18)16-12-4-2-3-11(15)9-12/h2-4,9-10H,5-8H2,1H3,(H,16,18)/t10-/m1/s1. The Hall–Kier alpha value is -1.95. The second-order valence-corrected chi connectivity index (χ2v) is 4.71. The fraction of sp³-hybridized carbons (Fsp3) is 0.429. The van der Waals surface area contributed by atoms with Gasteiger partial charge in [0.25, 0.3) is 0 Å². The first kappa shape index (κ1) is 14.5. The minimum absolute atomic E-state index is 0.0525. The van der Waals surface area contributed by atoms with Crippen molar-refractivity contribution in [2.75, 3.05) is 25.1 Å². The predicted octanol–water partition coefficient (Wildman–Crippen LogP) is 1.40. The first-order chi connectivity index (χ1) is 9.58. The second kappa shape index (κ2) is 6.47. The van der Waals surface area contributed by atoms with E-state index < -0.39 is 17.6 Å². The first-order valence-corrected chi connectivity index (χ1v) is 6.53. The van der Waals surface area contributed by atoms with Gasteiger partial charge in [-0.1, -0.05) is 6.07 Å². The molecule has 0 aromatic heterocycles. The molecule has 0 bridgehead atoms. The van der Waals surface area contributed by atoms with E-state index in [1.807, 2.05) is 6.92 Å². The molecule has 108 valence electrons. The molecule has 0 unspecified atom stereocenters. The molecule has 2 amide bonds. The monoisotopic (exact) mass is 280 g/mol. The minimum Gasteiger partial charge on any atom is -0.380 e. The fourth-order valence-electron chi connectivity index (χ4n) is 2.08. The third-order valence-electron chi connectivity index (χ3n) is 3.23. The first-order valence-electron chi connectivity index (χ1n) is 6.53. The third-order valence-corrected chi connectivity index (χ3v) is 3.23. The summed E-state index contributed by atoms with van der Waals surface area (Å²) in [7, 11) is 0. The number of nitrogens with one attached hydrogen (secondary N) is 1. The molecular weight excluding hydrogens is 263 g/mol. The van der Waals surface area contributed by atoms with Crippen LogP contribution in [-0.4, -0.2) is 42.5 Å². The van der Waals surface area contributed by atoms with Gasteiger partial charge in [0.2, 0.25) is 0 Å². The summed E-state index contributed by atoms with van der Waals surface area (Å²) in [6, 6.07) is 5.38. The fourth-order valence-corrected chi connectivity index (χ4v) is 2.08. The number of halogens is 1. The zero-order chi connectivity index (χ0) is 14.5. The van der Waals surface area contributed by atoms with Crippen LogP contribution in [-0.2, 0) is 14.3 Å². The number of ether oxygens (including phenoxy) is 1. The third kappa shape index (κ3) is 3.54. The zero-order valence-corrected chi connectivity index (χ0v) is 11.3. The van der Waals surface area contributed by atoms with E-state index in [2.05, 4.69) is 5.32 Å². The topological polar surface area (TPSA) is 58.6 Å². The quantitative estimate of drug-likeness (QED) is 0.791. The van der Waals surface area contributed by atoms with Crippen LogP contribution >= 0.6 is 0 Å². The van der Waals surface area contributed by atoms with Gasteiger partial charge < -0.3 is 15.0 Å². The molecule has 1 aromatic rings. The molecule has 5 nitrogen and oxygen atoms in total. The van der Waals surface area contributed by atoms with Crippen LogP contribution in [0.25, 0.3) is 0 Å². The van der Waals surface area contributed by atoms with E-state index >= 15 is 0 Å². The van der Waals surface area contributed by atoms with E-state index in [1.54, 1.807) is 0 Å². The lowest BCUT2D eigenvalue weighted by Gasteiger charge is -2.25. The molecule has 1 saturated heterocycles. The molecule has 20 heavy (non-hydrogen) atoms. The molecule has 1 aromatic carbocycles. The van der Waals surface area contributed by atoms with Crippen LogP contribution in [0.1, 0.15) is 13.3 Å². The number of anilines is 1. The summed E-state index contributed by atoms with van der Waals surface area (Å²) in [5.74, 6) is -1.84. The molecule has 0 saturated carbocycles. The van der Waals surface area contributed by atoms with E-state index in [0.29, 0.717) is 26.2 Å². The highest BCUT2D eigenvalue weighted by Crippen LogP contribution is 2.12. The van der Waals surface area contributed by atoms with Crippen LogP contribution in [0.15, 0.2) is 24.3 Å². The van der Waals surface area contributed by atoms with Gasteiger partial charge in [0.15, 0.2) is 0 Å². The van der Waals surface area contributed by atoms with Gasteiger partial charge in [-0.3, -0.25) is 9.59 Å². The Morgan fingerprint density at radius 1 is 1.40 bits per heavy atom. The maximum absolute atomic E-state index is 13.0. The van der Waals surface area contributed by atoms with Crippen molar-refractivity contribution in [2.45, 2.75) is 19.4 Å². The molecule has 2 rings (SSSR count). The molecule has 1 fully saturated rings. The summed E-state index contributed by atoms with van der Waals surface area (Å²) in [5.41, 5.74) is 0.266. The van der Waals surface area contributed by atoms with Gasteiger partial charge in [0.1, 0.15) is 5.82 Å². The summed E-state index contributed by atoms with van der Waals surface area (Å²) in [6.45, 7) is 3.26. The van der Waals surface area contributed by atoms with E-state index in [-0.39, 0.29) is 11.7 Å². The molecular formula is C14H17FN2O3. The van der Waals surface area contributed by atoms with E-state index in [1.165, 1.54) is 29.2 Å². The number of amides is 2. The Morgan fingerprint density at radius 2 is 2.20 bits per heavy atom. The summed E-state index contributed by atoms with van der Waals surface area (Å²) in [4.78, 5) is 25.5. The SMILES string of the molecule is C[C@@H]1CCOCCN1C(=O)C(=O)Nc1cccc(F)c1. The van der Waals surface area contributed by atoms with Crippen molar-refractivity contribution in [1.29, 1.82) is 0 Å². The highest BCUT2D eigenvalue weighted by Gasteiger charge is 2.27. The van der Waals surface area contributed by atoms with Crippen LogP contribution in [0.2, 0.25) is 0 Å². The number of hydrogen-bond acceptors (Lipinski definition) is 3. The van der Waals surface area contributed by atoms with Gasteiger partial charge in [0, 0.05) is 24.9 Å². The van der Waals surface area contributed by atoms with Crippen LogP contribution in [0.3, 0.4) is 0 Å². The zero-order valence-electron chi connectivity index (χ0n) is 11.3. The molecule has 1 atom stereocenters. The summed E-state index contributed by atoms with van der Waals surface area (Å²) < 4.78 is 18.3. The molecule has 0 radical (unpaired) electrons. The highest BCUT2D eigenvalue weighted by molar-refractivity contribution is 6.39. The summed E-state index contributed by atoms with van der Waals surface area (Å²) in [5, 5.41) is 2.41. The van der Waals surface area contributed by atoms with Crippen LogP contribution in [0.4, 0.5) is 10.1 Å². The highest BCUT2D eigenvalue weighted by atomic mass is 19.1. The van der Waals surface area contributed by atoms with Gasteiger partial charge in [-0.2, -0.15) is 0 Å². The van der Waals surface area contributed by atoms with Gasteiger partial charge in [-0.25, -0.2) is 4.39 Å². The van der Waals surface area contributed by atoms with E-state index in [9.17, 15) is 14.0 Å². The molecule has 1 heterocycles. The molecule has 0 spiro atoms. The van der Waals surface area contributed by atoms with Crippen molar-refractivity contribution < 1.29 is 18.7 Å². The average Bonchev–Trinajstić information content (AvgIpc) is 2.62. The Bertz CT molecular complexity index is 507. The van der Waals surface area contributed by atoms with Crippen molar-refractivity contribution in [3.8, 4) is 0 Å². The summed E-state index contributed by atoms with van der Waals surface area (Å²) in [6.07, 6.45) is 0.693. The lowest BCUT2D eigenvalue weighted by Crippen LogP contribution is -2.45. The number of carbonyl (C=O) groups excluding carboxylic acids is 2. The van der Waals surface area contributed by atoms with Crippen molar-refractivity contribution in [3.05, 3.63) is 30.1 Å². The summed E-state index contributed by atoms with van der Waals surface area (Å²) >= 11 is 0. The maximum atomic E-state index is 13.0. The van der Waals surface area contributed by atoms with E-state index in [0.717, 1.165) is 0 Å². The molecule has 0 aliphatic carbocycles. The maximum Gasteiger partial charge on any atom is 0.313 e.